The van der Waals surface area contributed by atoms with Gasteiger partial charge in [0, 0.05) is 23.1 Å². The number of hydrogen-bond acceptors (Lipinski definition) is 5. The highest BCUT2D eigenvalue weighted by molar-refractivity contribution is 9.10. The van der Waals surface area contributed by atoms with E-state index in [-0.39, 0.29) is 37.1 Å². The monoisotopic (exact) mass is 500 g/mol. The fraction of sp³-hybridized carbons (Fsp3) is 0.182. The highest BCUT2D eigenvalue weighted by atomic mass is 79.9. The van der Waals surface area contributed by atoms with Crippen LogP contribution < -0.4 is 10.7 Å². The Morgan fingerprint density at radius 1 is 1.13 bits per heavy atom. The van der Waals surface area contributed by atoms with E-state index in [0.29, 0.717) is 10.9 Å². The molecule has 2 aromatic carbocycles. The normalized spacial score (nSPS) is 16.9. The SMILES string of the molecule is C=CCN1C(=O)C(CC(=O)Nc2ccc(Br)cc2)S/C1=N/NC(=O)Cc1ccccc1. The highest BCUT2D eigenvalue weighted by Crippen LogP contribution is 2.29. The molecule has 2 N–H and O–H groups in total. The third-order valence-electron chi connectivity index (χ3n) is 4.31. The first-order chi connectivity index (χ1) is 15.0. The van der Waals surface area contributed by atoms with E-state index in [1.54, 1.807) is 18.2 Å². The molecule has 1 saturated heterocycles. The molecule has 0 aliphatic carbocycles. The number of benzene rings is 2. The Labute approximate surface area is 193 Å². The van der Waals surface area contributed by atoms with Gasteiger partial charge in [-0.1, -0.05) is 64.1 Å². The van der Waals surface area contributed by atoms with Crippen molar-refractivity contribution in [3.8, 4) is 0 Å². The fourth-order valence-corrected chi connectivity index (χ4v) is 4.24. The van der Waals surface area contributed by atoms with Gasteiger partial charge >= 0.3 is 0 Å². The van der Waals surface area contributed by atoms with E-state index in [4.69, 9.17) is 0 Å². The lowest BCUT2D eigenvalue weighted by Gasteiger charge is -2.13. The van der Waals surface area contributed by atoms with Crippen molar-refractivity contribution >= 4 is 56.3 Å². The summed E-state index contributed by atoms with van der Waals surface area (Å²) in [7, 11) is 0. The predicted octanol–water partition coefficient (Wildman–Crippen LogP) is 3.54. The van der Waals surface area contributed by atoms with Crippen LogP contribution in [0.2, 0.25) is 0 Å². The van der Waals surface area contributed by atoms with Crippen molar-refractivity contribution in [2.45, 2.75) is 18.1 Å². The Morgan fingerprint density at radius 3 is 2.52 bits per heavy atom. The largest absolute Gasteiger partial charge is 0.326 e. The van der Waals surface area contributed by atoms with Crippen LogP contribution in [-0.4, -0.2) is 39.6 Å². The van der Waals surface area contributed by atoms with Crippen molar-refractivity contribution in [2.24, 2.45) is 5.10 Å². The molecule has 1 atom stereocenters. The molecule has 1 aliphatic heterocycles. The average Bonchev–Trinajstić information content (AvgIpc) is 3.04. The molecule has 2 aromatic rings. The lowest BCUT2D eigenvalue weighted by molar-refractivity contribution is -0.128. The van der Waals surface area contributed by atoms with Crippen LogP contribution in [0.5, 0.6) is 0 Å². The molecule has 1 heterocycles. The summed E-state index contributed by atoms with van der Waals surface area (Å²) in [5, 5.41) is 6.62. The Morgan fingerprint density at radius 2 is 1.84 bits per heavy atom. The van der Waals surface area contributed by atoms with Crippen LogP contribution in [-0.2, 0) is 20.8 Å². The molecule has 9 heteroatoms. The molecule has 0 spiro atoms. The van der Waals surface area contributed by atoms with Crippen LogP contribution in [0.3, 0.4) is 0 Å². The number of thioether (sulfide) groups is 1. The minimum Gasteiger partial charge on any atom is -0.326 e. The third-order valence-corrected chi connectivity index (χ3v) is 6.02. The second kappa shape index (κ2) is 10.9. The Kier molecular flexibility index (Phi) is 8.02. The molecule has 3 amide bonds. The van der Waals surface area contributed by atoms with Crippen molar-refractivity contribution in [2.75, 3.05) is 11.9 Å². The molecule has 160 valence electrons. The molecular weight excluding hydrogens is 480 g/mol. The van der Waals surface area contributed by atoms with E-state index < -0.39 is 5.25 Å². The quantitative estimate of drug-likeness (QED) is 0.428. The molecule has 31 heavy (non-hydrogen) atoms. The van der Waals surface area contributed by atoms with E-state index in [0.717, 1.165) is 21.8 Å². The topological polar surface area (TPSA) is 90.9 Å². The maximum atomic E-state index is 12.8. The van der Waals surface area contributed by atoms with Crippen molar-refractivity contribution in [1.82, 2.24) is 10.3 Å². The summed E-state index contributed by atoms with van der Waals surface area (Å²) in [4.78, 5) is 38.8. The standard InChI is InChI=1S/C22H21BrN4O3S/c1-2-12-27-21(30)18(14-19(28)24-17-10-8-16(23)9-11-17)31-22(27)26-25-20(29)13-15-6-4-3-5-7-15/h2-11,18H,1,12-14H2,(H,24,28)(H,25,29)/b26-22+. The number of hydrazone groups is 1. The number of amides is 3. The lowest BCUT2D eigenvalue weighted by Crippen LogP contribution is -2.34. The summed E-state index contributed by atoms with van der Waals surface area (Å²) < 4.78 is 0.905. The molecule has 0 saturated carbocycles. The summed E-state index contributed by atoms with van der Waals surface area (Å²) >= 11 is 4.50. The van der Waals surface area contributed by atoms with E-state index in [9.17, 15) is 14.4 Å². The van der Waals surface area contributed by atoms with Gasteiger partial charge in [-0.25, -0.2) is 5.43 Å². The minimum absolute atomic E-state index is 0.00973. The highest BCUT2D eigenvalue weighted by Gasteiger charge is 2.38. The smallest absolute Gasteiger partial charge is 0.244 e. The molecule has 1 fully saturated rings. The predicted molar refractivity (Wildman–Crippen MR) is 126 cm³/mol. The zero-order valence-corrected chi connectivity index (χ0v) is 19.0. The zero-order valence-electron chi connectivity index (χ0n) is 16.6. The van der Waals surface area contributed by atoms with Gasteiger partial charge in [0.2, 0.25) is 17.7 Å². The summed E-state index contributed by atoms with van der Waals surface area (Å²) in [5.41, 5.74) is 4.00. The van der Waals surface area contributed by atoms with Gasteiger partial charge in [0.25, 0.3) is 0 Å². The van der Waals surface area contributed by atoms with Gasteiger partial charge in [-0.15, -0.1) is 11.7 Å². The van der Waals surface area contributed by atoms with Crippen LogP contribution in [0.15, 0.2) is 76.8 Å². The van der Waals surface area contributed by atoms with Crippen molar-refractivity contribution in [3.63, 3.8) is 0 Å². The Bertz CT molecular complexity index is 996. The summed E-state index contributed by atoms with van der Waals surface area (Å²) in [5.74, 6) is -0.810. The third kappa shape index (κ3) is 6.53. The van der Waals surface area contributed by atoms with Crippen molar-refractivity contribution in [1.29, 1.82) is 0 Å². The maximum Gasteiger partial charge on any atom is 0.244 e. The zero-order chi connectivity index (χ0) is 22.2. The first kappa shape index (κ1) is 22.8. The number of nitrogens with zero attached hydrogens (tertiary/aromatic N) is 2. The van der Waals surface area contributed by atoms with Crippen molar-refractivity contribution < 1.29 is 14.4 Å². The summed E-state index contributed by atoms with van der Waals surface area (Å²) in [6, 6.07) is 16.5. The maximum absolute atomic E-state index is 12.8. The molecule has 0 radical (unpaired) electrons. The van der Waals surface area contributed by atoms with Crippen LogP contribution >= 0.6 is 27.7 Å². The summed E-state index contributed by atoms with van der Waals surface area (Å²) in [6.45, 7) is 3.90. The number of anilines is 1. The Balaban J connectivity index is 1.61. The van der Waals surface area contributed by atoms with E-state index in [1.165, 1.54) is 4.90 Å². The first-order valence-electron chi connectivity index (χ1n) is 9.51. The van der Waals surface area contributed by atoms with Gasteiger partial charge in [0.1, 0.15) is 5.25 Å². The number of carbonyl (C=O) groups excluding carboxylic acids is 3. The first-order valence-corrected chi connectivity index (χ1v) is 11.2. The molecule has 0 aromatic heterocycles. The molecule has 1 unspecified atom stereocenters. The Hall–Kier alpha value is -2.91. The summed E-state index contributed by atoms with van der Waals surface area (Å²) in [6.07, 6.45) is 1.74. The van der Waals surface area contributed by atoms with Gasteiger partial charge in [0.15, 0.2) is 5.17 Å². The van der Waals surface area contributed by atoms with Crippen molar-refractivity contribution in [3.05, 3.63) is 77.3 Å². The second-order valence-electron chi connectivity index (χ2n) is 6.69. The van der Waals surface area contributed by atoms with Gasteiger partial charge < -0.3 is 5.32 Å². The van der Waals surface area contributed by atoms with Crippen LogP contribution in [0.4, 0.5) is 5.69 Å². The number of nitrogens with one attached hydrogen (secondary N) is 2. The number of rotatable bonds is 8. The fourth-order valence-electron chi connectivity index (χ4n) is 2.87. The molecule has 1 aliphatic rings. The molecule has 7 nitrogen and oxygen atoms in total. The van der Waals surface area contributed by atoms with E-state index in [2.05, 4.69) is 38.4 Å². The molecular formula is C22H21BrN4O3S. The van der Waals surface area contributed by atoms with Crippen LogP contribution in [0.1, 0.15) is 12.0 Å². The number of amidine groups is 1. The van der Waals surface area contributed by atoms with Gasteiger partial charge in [-0.3, -0.25) is 19.3 Å². The van der Waals surface area contributed by atoms with Gasteiger partial charge in [-0.05, 0) is 29.8 Å². The van der Waals surface area contributed by atoms with Gasteiger partial charge in [0.05, 0.1) is 6.42 Å². The average molecular weight is 501 g/mol. The van der Waals surface area contributed by atoms with E-state index >= 15 is 0 Å². The number of halogens is 1. The molecule has 0 bridgehead atoms. The molecule has 3 rings (SSSR count). The van der Waals surface area contributed by atoms with Crippen LogP contribution in [0, 0.1) is 0 Å². The van der Waals surface area contributed by atoms with E-state index in [1.807, 2.05) is 42.5 Å². The number of hydrogen-bond donors (Lipinski definition) is 2. The van der Waals surface area contributed by atoms with Gasteiger partial charge in [-0.2, -0.15) is 0 Å². The number of carbonyl (C=O) groups is 3. The van der Waals surface area contributed by atoms with Crippen LogP contribution in [0.25, 0.3) is 0 Å². The second-order valence-corrected chi connectivity index (χ2v) is 8.78. The minimum atomic E-state index is -0.625. The lowest BCUT2D eigenvalue weighted by atomic mass is 10.1.